The summed E-state index contributed by atoms with van der Waals surface area (Å²) in [5, 5.41) is 8.56. The predicted octanol–water partition coefficient (Wildman–Crippen LogP) is 4.67. The highest BCUT2D eigenvalue weighted by molar-refractivity contribution is 5.96. The van der Waals surface area contributed by atoms with Gasteiger partial charge in [-0.2, -0.15) is 0 Å². The van der Waals surface area contributed by atoms with Crippen LogP contribution in [0.1, 0.15) is 51.0 Å². The first-order valence-corrected chi connectivity index (χ1v) is 13.4. The van der Waals surface area contributed by atoms with Crippen molar-refractivity contribution < 1.29 is 19.1 Å². The summed E-state index contributed by atoms with van der Waals surface area (Å²) < 4.78 is 13.2. The highest BCUT2D eigenvalue weighted by Crippen LogP contribution is 2.23. The molecular formula is C31H33N5O4. The zero-order valence-corrected chi connectivity index (χ0v) is 23.0. The van der Waals surface area contributed by atoms with E-state index in [0.717, 1.165) is 22.6 Å². The largest absolute Gasteiger partial charge is 0.494 e. The molecule has 206 valence electrons. The Bertz CT molecular complexity index is 1500. The lowest BCUT2D eigenvalue weighted by molar-refractivity contribution is 0.0726. The topological polar surface area (TPSA) is 89.8 Å². The van der Waals surface area contributed by atoms with Crippen molar-refractivity contribution in [3.63, 3.8) is 0 Å². The molecule has 9 nitrogen and oxygen atoms in total. The van der Waals surface area contributed by atoms with Crippen LogP contribution in [0.15, 0.2) is 72.8 Å². The van der Waals surface area contributed by atoms with Crippen molar-refractivity contribution in [3.05, 3.63) is 101 Å². The van der Waals surface area contributed by atoms with E-state index in [1.807, 2.05) is 74.5 Å². The summed E-state index contributed by atoms with van der Waals surface area (Å²) in [6.45, 7) is 6.02. The summed E-state index contributed by atoms with van der Waals surface area (Å²) >= 11 is 0. The number of hydrogen-bond acceptors (Lipinski definition) is 6. The van der Waals surface area contributed by atoms with Gasteiger partial charge in [0.25, 0.3) is 11.8 Å². The third kappa shape index (κ3) is 5.83. The number of carbonyl (C=O) groups excluding carboxylic acids is 2. The molecule has 5 rings (SSSR count). The smallest absolute Gasteiger partial charge is 0.276 e. The summed E-state index contributed by atoms with van der Waals surface area (Å²) in [6, 6.07) is 22.8. The molecule has 0 N–H and O–H groups in total. The molecule has 40 heavy (non-hydrogen) atoms. The molecule has 0 unspecified atom stereocenters. The number of nitrogens with zero attached hydrogens (tertiary/aromatic N) is 5. The van der Waals surface area contributed by atoms with Gasteiger partial charge < -0.3 is 19.3 Å². The molecule has 1 aliphatic heterocycles. The quantitative estimate of drug-likeness (QED) is 0.374. The molecule has 0 fully saturated rings. The normalized spacial score (nSPS) is 14.2. The number of para-hydroxylation sites is 1. The van der Waals surface area contributed by atoms with Crippen molar-refractivity contribution in [1.29, 1.82) is 0 Å². The van der Waals surface area contributed by atoms with Gasteiger partial charge in [0.15, 0.2) is 5.69 Å². The van der Waals surface area contributed by atoms with E-state index in [1.165, 1.54) is 0 Å². The highest BCUT2D eigenvalue weighted by Gasteiger charge is 2.24. The number of benzene rings is 3. The third-order valence-electron chi connectivity index (χ3n) is 6.86. The number of amides is 2. The lowest BCUT2D eigenvalue weighted by Crippen LogP contribution is -2.33. The van der Waals surface area contributed by atoms with E-state index in [-0.39, 0.29) is 11.8 Å². The molecule has 9 heteroatoms. The van der Waals surface area contributed by atoms with Crippen LogP contribution in [0.25, 0.3) is 5.69 Å². The van der Waals surface area contributed by atoms with Crippen molar-refractivity contribution >= 4 is 11.8 Å². The lowest BCUT2D eigenvalue weighted by Gasteiger charge is -2.24. The SMILES string of the molecule is CCOc1ccc(-n2nnc(C(=O)N3CCCOc4ccccc4C(=O)N(C)Cc4cccc(c4)C3)c2C)cc1. The molecule has 3 aromatic carbocycles. The molecule has 1 aliphatic rings. The molecule has 0 radical (unpaired) electrons. The Hall–Kier alpha value is -4.66. The molecule has 0 saturated heterocycles. The van der Waals surface area contributed by atoms with Gasteiger partial charge in [0.05, 0.1) is 30.2 Å². The number of hydrogen-bond donors (Lipinski definition) is 0. The highest BCUT2D eigenvalue weighted by atomic mass is 16.5. The fourth-order valence-electron chi connectivity index (χ4n) is 4.83. The second-order valence-electron chi connectivity index (χ2n) is 9.77. The second-order valence-corrected chi connectivity index (χ2v) is 9.77. The minimum Gasteiger partial charge on any atom is -0.494 e. The van der Waals surface area contributed by atoms with Gasteiger partial charge in [-0.3, -0.25) is 9.59 Å². The van der Waals surface area contributed by atoms with Gasteiger partial charge in [0.1, 0.15) is 11.5 Å². The monoisotopic (exact) mass is 539 g/mol. The van der Waals surface area contributed by atoms with Crippen molar-refractivity contribution in [2.24, 2.45) is 0 Å². The minimum absolute atomic E-state index is 0.0963. The van der Waals surface area contributed by atoms with Crippen LogP contribution in [0.5, 0.6) is 11.5 Å². The van der Waals surface area contributed by atoms with E-state index in [0.29, 0.717) is 62.0 Å². The van der Waals surface area contributed by atoms with Gasteiger partial charge in [-0.05, 0) is 67.8 Å². The zero-order valence-electron chi connectivity index (χ0n) is 23.0. The fourth-order valence-corrected chi connectivity index (χ4v) is 4.83. The Morgan fingerprint density at radius 1 is 1.00 bits per heavy atom. The van der Waals surface area contributed by atoms with E-state index in [9.17, 15) is 9.59 Å². The molecule has 0 atom stereocenters. The number of fused-ring (bicyclic) bond motifs is 3. The van der Waals surface area contributed by atoms with Crippen LogP contribution in [0, 0.1) is 6.92 Å². The molecule has 0 spiro atoms. The standard InChI is InChI=1S/C31H33N5O4/c1-4-39-26-15-13-25(14-16-26)36-22(2)29(32-33-36)31(38)35-17-8-18-40-28-12-6-5-11-27(28)30(37)34(3)20-23-9-7-10-24(19-23)21-35/h5-7,9-16,19H,4,8,17-18,20-21H2,1-3H3. The summed E-state index contributed by atoms with van der Waals surface area (Å²) in [6.07, 6.45) is 0.579. The molecule has 2 amide bonds. The van der Waals surface area contributed by atoms with E-state index in [4.69, 9.17) is 9.47 Å². The Labute approximate surface area is 233 Å². The Kier molecular flexibility index (Phi) is 8.10. The zero-order chi connectivity index (χ0) is 28.1. The summed E-state index contributed by atoms with van der Waals surface area (Å²) in [7, 11) is 1.78. The molecule has 0 aliphatic carbocycles. The summed E-state index contributed by atoms with van der Waals surface area (Å²) in [5.74, 6) is 1.02. The Morgan fingerprint density at radius 2 is 1.75 bits per heavy atom. The average molecular weight is 540 g/mol. The van der Waals surface area contributed by atoms with Crippen LogP contribution in [-0.2, 0) is 13.1 Å². The van der Waals surface area contributed by atoms with E-state index in [1.54, 1.807) is 33.7 Å². The first-order valence-electron chi connectivity index (χ1n) is 13.4. The first-order chi connectivity index (χ1) is 19.4. The van der Waals surface area contributed by atoms with Gasteiger partial charge >= 0.3 is 0 Å². The van der Waals surface area contributed by atoms with Crippen molar-refractivity contribution in [2.45, 2.75) is 33.4 Å². The van der Waals surface area contributed by atoms with Crippen molar-refractivity contribution in [3.8, 4) is 17.2 Å². The van der Waals surface area contributed by atoms with Crippen LogP contribution >= 0.6 is 0 Å². The van der Waals surface area contributed by atoms with Gasteiger partial charge in [0, 0.05) is 26.7 Å². The third-order valence-corrected chi connectivity index (χ3v) is 6.86. The maximum absolute atomic E-state index is 13.8. The number of ether oxygens (including phenoxy) is 2. The van der Waals surface area contributed by atoms with Crippen LogP contribution in [0.3, 0.4) is 0 Å². The molecule has 2 bridgehead atoms. The van der Waals surface area contributed by atoms with Crippen LogP contribution < -0.4 is 9.47 Å². The van der Waals surface area contributed by atoms with Crippen molar-refractivity contribution in [2.75, 3.05) is 26.8 Å². The maximum Gasteiger partial charge on any atom is 0.276 e. The number of carbonyl (C=O) groups is 2. The van der Waals surface area contributed by atoms with Gasteiger partial charge in [0.2, 0.25) is 0 Å². The summed E-state index contributed by atoms with van der Waals surface area (Å²) in [5.41, 5.74) is 4.24. The fraction of sp³-hybridized carbons (Fsp3) is 0.290. The van der Waals surface area contributed by atoms with Gasteiger partial charge in [-0.25, -0.2) is 4.68 Å². The second kappa shape index (κ2) is 12.0. The lowest BCUT2D eigenvalue weighted by atomic mass is 10.1. The Balaban J connectivity index is 1.42. The van der Waals surface area contributed by atoms with Gasteiger partial charge in [-0.1, -0.05) is 41.6 Å². The molecular weight excluding hydrogens is 506 g/mol. The van der Waals surface area contributed by atoms with Gasteiger partial charge in [-0.15, -0.1) is 5.10 Å². The molecule has 2 heterocycles. The number of rotatable bonds is 4. The minimum atomic E-state index is -0.195. The van der Waals surface area contributed by atoms with Crippen LogP contribution in [0.4, 0.5) is 0 Å². The van der Waals surface area contributed by atoms with Crippen LogP contribution in [-0.4, -0.2) is 63.4 Å². The van der Waals surface area contributed by atoms with Crippen LogP contribution in [0.2, 0.25) is 0 Å². The summed E-state index contributed by atoms with van der Waals surface area (Å²) in [4.78, 5) is 30.4. The molecule has 0 saturated carbocycles. The van der Waals surface area contributed by atoms with E-state index in [2.05, 4.69) is 10.3 Å². The molecule has 1 aromatic heterocycles. The predicted molar refractivity (Wildman–Crippen MR) is 151 cm³/mol. The maximum atomic E-state index is 13.8. The van der Waals surface area contributed by atoms with Crippen molar-refractivity contribution in [1.82, 2.24) is 24.8 Å². The Morgan fingerprint density at radius 3 is 2.52 bits per heavy atom. The molecule has 4 aromatic rings. The average Bonchev–Trinajstić information content (AvgIpc) is 3.35. The van der Waals surface area contributed by atoms with E-state index < -0.39 is 0 Å². The first kappa shape index (κ1) is 26.9. The number of aromatic nitrogens is 3. The van der Waals surface area contributed by atoms with E-state index >= 15 is 0 Å².